The third-order valence-electron chi connectivity index (χ3n) is 2.60. The molecule has 1 saturated carbocycles. The van der Waals surface area contributed by atoms with Crippen LogP contribution in [0.3, 0.4) is 0 Å². The quantitative estimate of drug-likeness (QED) is 0.695. The third-order valence-corrected chi connectivity index (χ3v) is 2.60. The highest BCUT2D eigenvalue weighted by Gasteiger charge is 2.35. The number of hydrogen-bond donors (Lipinski definition) is 0. The minimum absolute atomic E-state index is 0.0330. The summed E-state index contributed by atoms with van der Waals surface area (Å²) in [5.41, 5.74) is 1.22. The van der Waals surface area contributed by atoms with Gasteiger partial charge in [-0.3, -0.25) is 0 Å². The van der Waals surface area contributed by atoms with Crippen LogP contribution in [0.1, 0.15) is 31.1 Å². The van der Waals surface area contributed by atoms with E-state index < -0.39 is 0 Å². The van der Waals surface area contributed by atoms with Crippen molar-refractivity contribution in [2.75, 3.05) is 0 Å². The molecule has 3 heteroatoms. The van der Waals surface area contributed by atoms with Crippen molar-refractivity contribution in [3.63, 3.8) is 0 Å². The molecule has 3 nitrogen and oxygen atoms in total. The van der Waals surface area contributed by atoms with Crippen LogP contribution in [0.4, 0.5) is 0 Å². The van der Waals surface area contributed by atoms with Gasteiger partial charge in [-0.15, -0.1) is 0 Å². The van der Waals surface area contributed by atoms with Crippen LogP contribution in [0.15, 0.2) is 28.0 Å². The van der Waals surface area contributed by atoms with Gasteiger partial charge in [-0.1, -0.05) is 5.16 Å². The van der Waals surface area contributed by atoms with E-state index >= 15 is 0 Å². The van der Waals surface area contributed by atoms with Crippen LogP contribution in [0.5, 0.6) is 0 Å². The second-order valence-electron chi connectivity index (χ2n) is 3.67. The van der Waals surface area contributed by atoms with E-state index in [2.05, 4.69) is 5.16 Å². The Hall–Kier alpha value is -1.25. The first-order chi connectivity index (χ1) is 6.43. The standard InChI is InChI=1S/C10H11NO2/c1-2-9(12-5-1)10-6-8(11-13-10)7-3-4-7/h1-2,5,7,10H,3-4,6H2. The molecule has 0 spiro atoms. The highest BCUT2D eigenvalue weighted by atomic mass is 16.6. The summed E-state index contributed by atoms with van der Waals surface area (Å²) in [4.78, 5) is 5.31. The maximum atomic E-state index is 5.31. The van der Waals surface area contributed by atoms with Gasteiger partial charge in [0.25, 0.3) is 0 Å². The average Bonchev–Trinajstić information content (AvgIpc) is 2.72. The van der Waals surface area contributed by atoms with Gasteiger partial charge >= 0.3 is 0 Å². The molecule has 0 N–H and O–H groups in total. The van der Waals surface area contributed by atoms with Crippen molar-refractivity contribution < 1.29 is 9.25 Å². The summed E-state index contributed by atoms with van der Waals surface area (Å²) in [5, 5.41) is 4.09. The Kier molecular flexibility index (Phi) is 1.45. The lowest BCUT2D eigenvalue weighted by Gasteiger charge is -2.02. The van der Waals surface area contributed by atoms with Crippen molar-refractivity contribution in [2.45, 2.75) is 25.4 Å². The van der Waals surface area contributed by atoms with Crippen molar-refractivity contribution >= 4 is 5.71 Å². The molecule has 3 rings (SSSR count). The zero-order chi connectivity index (χ0) is 8.67. The summed E-state index contributed by atoms with van der Waals surface area (Å²) in [6, 6.07) is 3.82. The topological polar surface area (TPSA) is 34.7 Å². The van der Waals surface area contributed by atoms with E-state index in [1.807, 2.05) is 12.1 Å². The molecule has 2 aliphatic rings. The Morgan fingerprint density at radius 3 is 3.00 bits per heavy atom. The number of nitrogens with zero attached hydrogens (tertiary/aromatic N) is 1. The first-order valence-corrected chi connectivity index (χ1v) is 4.69. The second-order valence-corrected chi connectivity index (χ2v) is 3.67. The number of oxime groups is 1. The fraction of sp³-hybridized carbons (Fsp3) is 0.500. The van der Waals surface area contributed by atoms with E-state index in [-0.39, 0.29) is 6.10 Å². The smallest absolute Gasteiger partial charge is 0.189 e. The van der Waals surface area contributed by atoms with Crippen LogP contribution >= 0.6 is 0 Å². The van der Waals surface area contributed by atoms with Crippen LogP contribution in [0.2, 0.25) is 0 Å². The average molecular weight is 177 g/mol. The molecule has 0 amide bonds. The Morgan fingerprint density at radius 1 is 1.38 bits per heavy atom. The molecule has 1 unspecified atom stereocenters. The number of rotatable bonds is 2. The third kappa shape index (κ3) is 1.24. The highest BCUT2D eigenvalue weighted by molar-refractivity contribution is 5.89. The van der Waals surface area contributed by atoms with Crippen molar-refractivity contribution in [3.05, 3.63) is 24.2 Å². The predicted octanol–water partition coefficient (Wildman–Crippen LogP) is 2.51. The molecule has 13 heavy (non-hydrogen) atoms. The van der Waals surface area contributed by atoms with Gasteiger partial charge in [0.1, 0.15) is 5.76 Å². The monoisotopic (exact) mass is 177 g/mol. The van der Waals surface area contributed by atoms with Gasteiger partial charge in [0.05, 0.1) is 12.0 Å². The molecule has 1 aliphatic heterocycles. The van der Waals surface area contributed by atoms with E-state index in [1.54, 1.807) is 6.26 Å². The molecule has 0 radical (unpaired) electrons. The Bertz CT molecular complexity index is 325. The minimum atomic E-state index is 0.0330. The normalized spacial score (nSPS) is 27.1. The lowest BCUT2D eigenvalue weighted by atomic mass is 10.1. The molecule has 1 fully saturated rings. The van der Waals surface area contributed by atoms with Crippen LogP contribution < -0.4 is 0 Å². The molecule has 68 valence electrons. The highest BCUT2D eigenvalue weighted by Crippen LogP contribution is 2.38. The Morgan fingerprint density at radius 2 is 2.31 bits per heavy atom. The van der Waals surface area contributed by atoms with Crippen LogP contribution in [-0.2, 0) is 4.84 Å². The number of furan rings is 1. The van der Waals surface area contributed by atoms with Gasteiger partial charge in [0, 0.05) is 12.3 Å². The van der Waals surface area contributed by atoms with E-state index in [9.17, 15) is 0 Å². The molecule has 0 aromatic carbocycles. The van der Waals surface area contributed by atoms with Gasteiger partial charge in [0.2, 0.25) is 0 Å². The SMILES string of the molecule is c1coc(C2CC(C3CC3)=NO2)c1. The largest absolute Gasteiger partial charge is 0.465 e. The maximum Gasteiger partial charge on any atom is 0.189 e. The Labute approximate surface area is 76.4 Å². The van der Waals surface area contributed by atoms with Crippen LogP contribution in [0, 0.1) is 5.92 Å². The lowest BCUT2D eigenvalue weighted by molar-refractivity contribution is 0.0689. The molecule has 0 saturated heterocycles. The first-order valence-electron chi connectivity index (χ1n) is 4.69. The predicted molar refractivity (Wildman–Crippen MR) is 47.3 cm³/mol. The Balaban J connectivity index is 1.72. The van der Waals surface area contributed by atoms with E-state index in [1.165, 1.54) is 18.6 Å². The summed E-state index contributed by atoms with van der Waals surface area (Å²) >= 11 is 0. The zero-order valence-corrected chi connectivity index (χ0v) is 7.27. The fourth-order valence-electron chi connectivity index (χ4n) is 1.68. The van der Waals surface area contributed by atoms with Gasteiger partial charge in [0.15, 0.2) is 6.10 Å². The van der Waals surface area contributed by atoms with Crippen molar-refractivity contribution in [2.24, 2.45) is 11.1 Å². The summed E-state index contributed by atoms with van der Waals surface area (Å²) in [6.07, 6.45) is 5.19. The van der Waals surface area contributed by atoms with E-state index in [0.29, 0.717) is 5.92 Å². The summed E-state index contributed by atoms with van der Waals surface area (Å²) < 4.78 is 5.27. The molecule has 1 aromatic heterocycles. The molecule has 1 aliphatic carbocycles. The van der Waals surface area contributed by atoms with Crippen molar-refractivity contribution in [1.29, 1.82) is 0 Å². The van der Waals surface area contributed by atoms with Gasteiger partial charge < -0.3 is 9.25 Å². The maximum absolute atomic E-state index is 5.31. The first kappa shape index (κ1) is 7.18. The summed E-state index contributed by atoms with van der Waals surface area (Å²) in [6.45, 7) is 0. The molecule has 0 bridgehead atoms. The molecular weight excluding hydrogens is 166 g/mol. The molecular formula is C10H11NO2. The lowest BCUT2D eigenvalue weighted by Crippen LogP contribution is -2.00. The zero-order valence-electron chi connectivity index (χ0n) is 7.27. The van der Waals surface area contributed by atoms with Crippen LogP contribution in [0.25, 0.3) is 0 Å². The molecule has 2 heterocycles. The second kappa shape index (κ2) is 2.62. The van der Waals surface area contributed by atoms with Gasteiger partial charge in [-0.2, -0.15) is 0 Å². The summed E-state index contributed by atoms with van der Waals surface area (Å²) in [7, 11) is 0. The summed E-state index contributed by atoms with van der Waals surface area (Å²) in [5.74, 6) is 1.60. The van der Waals surface area contributed by atoms with E-state index in [0.717, 1.165) is 12.2 Å². The van der Waals surface area contributed by atoms with Crippen molar-refractivity contribution in [1.82, 2.24) is 0 Å². The molecule has 1 aromatic rings. The number of hydrogen-bond acceptors (Lipinski definition) is 3. The van der Waals surface area contributed by atoms with E-state index in [4.69, 9.17) is 9.25 Å². The van der Waals surface area contributed by atoms with Gasteiger partial charge in [-0.05, 0) is 25.0 Å². The fourth-order valence-corrected chi connectivity index (χ4v) is 1.68. The molecule has 1 atom stereocenters. The van der Waals surface area contributed by atoms with Gasteiger partial charge in [-0.25, -0.2) is 0 Å². The van der Waals surface area contributed by atoms with Crippen LogP contribution in [-0.4, -0.2) is 5.71 Å². The minimum Gasteiger partial charge on any atom is -0.465 e. The van der Waals surface area contributed by atoms with Crippen molar-refractivity contribution in [3.8, 4) is 0 Å².